The molecule has 1 saturated carbocycles. The van der Waals surface area contributed by atoms with Crippen LogP contribution in [0.5, 0.6) is 0 Å². The van der Waals surface area contributed by atoms with Crippen LogP contribution in [0.15, 0.2) is 29.2 Å². The summed E-state index contributed by atoms with van der Waals surface area (Å²) < 4.78 is 0. The summed E-state index contributed by atoms with van der Waals surface area (Å²) >= 11 is 1.42. The van der Waals surface area contributed by atoms with Crippen LogP contribution in [-0.2, 0) is 16.2 Å². The Kier molecular flexibility index (Phi) is 5.64. The summed E-state index contributed by atoms with van der Waals surface area (Å²) in [6, 6.07) is 7.74. The molecule has 0 radical (unpaired) electrons. The largest absolute Gasteiger partial charge is 0.392 e. The van der Waals surface area contributed by atoms with Gasteiger partial charge in [0.2, 0.25) is 11.8 Å². The van der Waals surface area contributed by atoms with Gasteiger partial charge in [-0.05, 0) is 30.5 Å². The highest BCUT2D eigenvalue weighted by Gasteiger charge is 2.24. The molecule has 0 aliphatic heterocycles. The van der Waals surface area contributed by atoms with Crippen LogP contribution in [0.3, 0.4) is 0 Å². The molecule has 1 aromatic rings. The van der Waals surface area contributed by atoms with Crippen molar-refractivity contribution in [1.29, 1.82) is 0 Å². The van der Waals surface area contributed by atoms with E-state index in [4.69, 9.17) is 5.11 Å². The van der Waals surface area contributed by atoms with Gasteiger partial charge in [-0.15, -0.1) is 11.8 Å². The van der Waals surface area contributed by atoms with Crippen molar-refractivity contribution >= 4 is 23.6 Å². The quantitative estimate of drug-likeness (QED) is 0.738. The lowest BCUT2D eigenvalue weighted by molar-refractivity contribution is -0.132. The Morgan fingerprint density at radius 2 is 2.00 bits per heavy atom. The van der Waals surface area contributed by atoms with Crippen molar-refractivity contribution in [2.75, 3.05) is 19.3 Å². The Hall–Kier alpha value is -1.53. The second kappa shape index (κ2) is 7.47. The molecule has 1 fully saturated rings. The molecule has 2 amide bonds. The fourth-order valence-corrected chi connectivity index (χ4v) is 2.59. The summed E-state index contributed by atoms with van der Waals surface area (Å²) in [4.78, 5) is 26.0. The Balaban J connectivity index is 1.72. The summed E-state index contributed by atoms with van der Waals surface area (Å²) in [7, 11) is 1.64. The summed E-state index contributed by atoms with van der Waals surface area (Å²) in [5.74, 6) is 0.133. The molecule has 0 bridgehead atoms. The van der Waals surface area contributed by atoms with E-state index in [1.807, 2.05) is 24.3 Å². The normalized spacial score (nSPS) is 13.8. The molecule has 1 aromatic carbocycles. The molecule has 0 aromatic heterocycles. The fraction of sp³-hybridized carbons (Fsp3) is 0.467. The van der Waals surface area contributed by atoms with E-state index in [-0.39, 0.29) is 25.0 Å². The minimum Gasteiger partial charge on any atom is -0.392 e. The van der Waals surface area contributed by atoms with Gasteiger partial charge in [0.1, 0.15) is 0 Å². The van der Waals surface area contributed by atoms with E-state index >= 15 is 0 Å². The minimum absolute atomic E-state index is 0.0166. The van der Waals surface area contributed by atoms with Crippen molar-refractivity contribution in [1.82, 2.24) is 10.2 Å². The first-order valence-electron chi connectivity index (χ1n) is 6.94. The average Bonchev–Trinajstić information content (AvgIpc) is 3.28. The molecular formula is C15H20N2O3S. The standard InChI is InChI=1S/C15H20N2O3S/c1-17(8-14(19)16-12-4-5-12)15(20)10-21-13-6-2-11(9-18)3-7-13/h2-3,6-7,12,18H,4-5,8-10H2,1H3,(H,16,19). The second-order valence-electron chi connectivity index (χ2n) is 5.18. The molecule has 114 valence electrons. The maximum Gasteiger partial charge on any atom is 0.239 e. The number of aliphatic hydroxyl groups is 1. The zero-order chi connectivity index (χ0) is 15.2. The van der Waals surface area contributed by atoms with Crippen LogP contribution in [0.4, 0.5) is 0 Å². The monoisotopic (exact) mass is 308 g/mol. The number of carbonyl (C=O) groups is 2. The van der Waals surface area contributed by atoms with Crippen LogP contribution >= 0.6 is 11.8 Å². The molecule has 21 heavy (non-hydrogen) atoms. The lowest BCUT2D eigenvalue weighted by Crippen LogP contribution is -2.39. The van der Waals surface area contributed by atoms with E-state index in [9.17, 15) is 9.59 Å². The van der Waals surface area contributed by atoms with Gasteiger partial charge in [-0.3, -0.25) is 9.59 Å². The lowest BCUT2D eigenvalue weighted by atomic mass is 10.2. The molecule has 2 N–H and O–H groups in total. The van der Waals surface area contributed by atoms with Gasteiger partial charge < -0.3 is 15.3 Å². The van der Waals surface area contributed by atoms with Gasteiger partial charge in [-0.25, -0.2) is 0 Å². The lowest BCUT2D eigenvalue weighted by Gasteiger charge is -2.16. The number of thioether (sulfide) groups is 1. The maximum atomic E-state index is 12.0. The molecule has 0 heterocycles. The highest BCUT2D eigenvalue weighted by atomic mass is 32.2. The Morgan fingerprint density at radius 1 is 1.33 bits per heavy atom. The van der Waals surface area contributed by atoms with Gasteiger partial charge in [0, 0.05) is 18.0 Å². The van der Waals surface area contributed by atoms with Gasteiger partial charge in [0.05, 0.1) is 18.9 Å². The smallest absolute Gasteiger partial charge is 0.239 e. The predicted molar refractivity (Wildman–Crippen MR) is 81.9 cm³/mol. The Labute approximate surface area is 128 Å². The third-order valence-corrected chi connectivity index (χ3v) is 4.21. The number of benzene rings is 1. The topological polar surface area (TPSA) is 69.6 Å². The summed E-state index contributed by atoms with van der Waals surface area (Å²) in [5.41, 5.74) is 0.847. The van der Waals surface area contributed by atoms with Crippen LogP contribution in [0.25, 0.3) is 0 Å². The zero-order valence-electron chi connectivity index (χ0n) is 12.0. The molecule has 2 rings (SSSR count). The van der Waals surface area contributed by atoms with E-state index in [1.165, 1.54) is 16.7 Å². The minimum atomic E-state index is -0.0920. The van der Waals surface area contributed by atoms with Crippen molar-refractivity contribution in [3.05, 3.63) is 29.8 Å². The summed E-state index contributed by atoms with van der Waals surface area (Å²) in [5, 5.41) is 11.8. The number of hydrogen-bond acceptors (Lipinski definition) is 4. The fourth-order valence-electron chi connectivity index (χ4n) is 1.75. The molecule has 5 nitrogen and oxygen atoms in total. The van der Waals surface area contributed by atoms with Crippen molar-refractivity contribution in [3.8, 4) is 0 Å². The number of carbonyl (C=O) groups excluding carboxylic acids is 2. The maximum absolute atomic E-state index is 12.0. The Morgan fingerprint density at radius 3 is 2.57 bits per heavy atom. The molecule has 0 atom stereocenters. The first-order valence-corrected chi connectivity index (χ1v) is 7.93. The summed E-state index contributed by atoms with van der Waals surface area (Å²) in [6.07, 6.45) is 2.09. The molecule has 0 unspecified atom stereocenters. The van der Waals surface area contributed by atoms with Crippen molar-refractivity contribution < 1.29 is 14.7 Å². The summed E-state index contributed by atoms with van der Waals surface area (Å²) in [6.45, 7) is 0.127. The number of amides is 2. The number of nitrogens with zero attached hydrogens (tertiary/aromatic N) is 1. The SMILES string of the molecule is CN(CC(=O)NC1CC1)C(=O)CSc1ccc(CO)cc1. The van der Waals surface area contributed by atoms with Crippen LogP contribution in [0.2, 0.25) is 0 Å². The van der Waals surface area contributed by atoms with Crippen molar-refractivity contribution in [2.24, 2.45) is 0 Å². The van der Waals surface area contributed by atoms with Crippen LogP contribution in [-0.4, -0.2) is 47.2 Å². The number of nitrogens with one attached hydrogen (secondary N) is 1. The van der Waals surface area contributed by atoms with Crippen molar-refractivity contribution in [3.63, 3.8) is 0 Å². The highest BCUT2D eigenvalue weighted by molar-refractivity contribution is 8.00. The van der Waals surface area contributed by atoms with Gasteiger partial charge in [0.25, 0.3) is 0 Å². The van der Waals surface area contributed by atoms with Gasteiger partial charge in [-0.1, -0.05) is 12.1 Å². The van der Waals surface area contributed by atoms with Gasteiger partial charge >= 0.3 is 0 Å². The first kappa shape index (κ1) is 15.9. The van der Waals surface area contributed by atoms with E-state index in [1.54, 1.807) is 7.05 Å². The predicted octanol–water partition coefficient (Wildman–Crippen LogP) is 1.01. The third kappa shape index (κ3) is 5.40. The highest BCUT2D eigenvalue weighted by Crippen LogP contribution is 2.19. The number of rotatable bonds is 7. The average molecular weight is 308 g/mol. The van der Waals surface area contributed by atoms with E-state index in [0.29, 0.717) is 11.8 Å². The molecular weight excluding hydrogens is 288 g/mol. The van der Waals surface area contributed by atoms with Gasteiger partial charge in [-0.2, -0.15) is 0 Å². The molecule has 6 heteroatoms. The van der Waals surface area contributed by atoms with E-state index < -0.39 is 0 Å². The zero-order valence-corrected chi connectivity index (χ0v) is 12.9. The van der Waals surface area contributed by atoms with E-state index in [2.05, 4.69) is 5.32 Å². The van der Waals surface area contributed by atoms with E-state index in [0.717, 1.165) is 23.3 Å². The number of hydrogen-bond donors (Lipinski definition) is 2. The molecule has 0 saturated heterocycles. The van der Waals surface area contributed by atoms with Crippen LogP contribution < -0.4 is 5.32 Å². The first-order chi connectivity index (χ1) is 10.1. The number of likely N-dealkylation sites (N-methyl/N-ethyl adjacent to an activating group) is 1. The molecule has 1 aliphatic rings. The molecule has 0 spiro atoms. The van der Waals surface area contributed by atoms with Crippen LogP contribution in [0.1, 0.15) is 18.4 Å². The second-order valence-corrected chi connectivity index (χ2v) is 6.23. The van der Waals surface area contributed by atoms with Gasteiger partial charge in [0.15, 0.2) is 0 Å². The third-order valence-electron chi connectivity index (χ3n) is 3.22. The Bertz CT molecular complexity index is 500. The molecule has 1 aliphatic carbocycles. The number of aliphatic hydroxyl groups excluding tert-OH is 1. The van der Waals surface area contributed by atoms with Crippen LogP contribution in [0, 0.1) is 0 Å². The van der Waals surface area contributed by atoms with Crippen molar-refractivity contribution in [2.45, 2.75) is 30.4 Å².